The zero-order chi connectivity index (χ0) is 26.8. The van der Waals surface area contributed by atoms with Crippen molar-refractivity contribution in [3.05, 3.63) is 106 Å². The van der Waals surface area contributed by atoms with Gasteiger partial charge >= 0.3 is 12.1 Å². The number of benzene rings is 3. The Balaban J connectivity index is 1.74. The van der Waals surface area contributed by atoms with E-state index in [-0.39, 0.29) is 25.3 Å². The third-order valence-corrected chi connectivity index (χ3v) is 5.54. The summed E-state index contributed by atoms with van der Waals surface area (Å²) in [5.74, 6) is 5.07. The van der Waals surface area contributed by atoms with Gasteiger partial charge in [-0.15, -0.1) is 0 Å². The number of carbonyl (C=O) groups excluding carboxylic acids is 2. The molecule has 0 unspecified atom stereocenters. The van der Waals surface area contributed by atoms with Gasteiger partial charge in [-0.2, -0.15) is 13.2 Å². The van der Waals surface area contributed by atoms with Crippen molar-refractivity contribution in [3.8, 4) is 11.8 Å². The molecule has 0 heterocycles. The van der Waals surface area contributed by atoms with Crippen molar-refractivity contribution in [2.45, 2.75) is 39.4 Å². The minimum absolute atomic E-state index is 0.0461. The third kappa shape index (κ3) is 8.25. The second-order valence-corrected chi connectivity index (χ2v) is 8.44. The fourth-order valence-electron chi connectivity index (χ4n) is 3.65. The summed E-state index contributed by atoms with van der Waals surface area (Å²) in [4.78, 5) is 26.4. The Kier molecular flexibility index (Phi) is 9.51. The summed E-state index contributed by atoms with van der Waals surface area (Å²) in [7, 11) is 0. The molecule has 0 spiro atoms. The van der Waals surface area contributed by atoms with E-state index in [2.05, 4.69) is 30.9 Å². The molecule has 0 aliphatic heterocycles. The molecule has 0 saturated heterocycles. The highest BCUT2D eigenvalue weighted by atomic mass is 19.4. The number of rotatable bonds is 8. The third-order valence-electron chi connectivity index (χ3n) is 5.54. The van der Waals surface area contributed by atoms with Crippen LogP contribution in [0.25, 0.3) is 0 Å². The van der Waals surface area contributed by atoms with Crippen LogP contribution in [0.4, 0.5) is 13.2 Å². The molecule has 3 aromatic rings. The van der Waals surface area contributed by atoms with E-state index < -0.39 is 23.6 Å². The van der Waals surface area contributed by atoms with Gasteiger partial charge in [-0.3, -0.25) is 9.59 Å². The predicted octanol–water partition coefficient (Wildman–Crippen LogP) is 6.26. The van der Waals surface area contributed by atoms with Gasteiger partial charge in [0.1, 0.15) is 6.54 Å². The van der Waals surface area contributed by atoms with Crippen LogP contribution in [0.2, 0.25) is 0 Å². The SMILES string of the molecule is CCCc1ccc(C#Cc2ccc(CN(CC(=O)OCC)C(=O)c3ccc(C(F)(F)F)cc3)cc2)cc1. The molecule has 0 N–H and O–H groups in total. The van der Waals surface area contributed by atoms with Crippen molar-refractivity contribution in [2.75, 3.05) is 13.2 Å². The van der Waals surface area contributed by atoms with Gasteiger partial charge in [0.25, 0.3) is 5.91 Å². The van der Waals surface area contributed by atoms with Crippen LogP contribution in [0.1, 0.15) is 58.4 Å². The number of amides is 1. The van der Waals surface area contributed by atoms with E-state index in [1.54, 1.807) is 19.1 Å². The Morgan fingerprint density at radius 1 is 0.811 bits per heavy atom. The first kappa shape index (κ1) is 27.5. The number of esters is 1. The zero-order valence-electron chi connectivity index (χ0n) is 20.8. The van der Waals surface area contributed by atoms with E-state index in [0.29, 0.717) is 0 Å². The zero-order valence-corrected chi connectivity index (χ0v) is 20.8. The first-order chi connectivity index (χ1) is 17.7. The molecule has 1 amide bonds. The second-order valence-electron chi connectivity index (χ2n) is 8.44. The molecule has 0 fully saturated rings. The Bertz CT molecular complexity index is 1250. The van der Waals surface area contributed by atoms with E-state index in [0.717, 1.165) is 53.8 Å². The van der Waals surface area contributed by atoms with Crippen LogP contribution >= 0.6 is 0 Å². The number of nitrogens with zero attached hydrogens (tertiary/aromatic N) is 1. The van der Waals surface area contributed by atoms with Gasteiger partial charge in [0.15, 0.2) is 0 Å². The van der Waals surface area contributed by atoms with Crippen LogP contribution in [-0.4, -0.2) is 29.9 Å². The molecule has 192 valence electrons. The lowest BCUT2D eigenvalue weighted by atomic mass is 10.1. The topological polar surface area (TPSA) is 46.6 Å². The number of ether oxygens (including phenoxy) is 1. The molecule has 0 saturated carbocycles. The lowest BCUT2D eigenvalue weighted by Crippen LogP contribution is -2.36. The molecule has 4 nitrogen and oxygen atoms in total. The predicted molar refractivity (Wildman–Crippen MR) is 136 cm³/mol. The number of carbonyl (C=O) groups is 2. The molecule has 0 bridgehead atoms. The summed E-state index contributed by atoms with van der Waals surface area (Å²) in [6, 6.07) is 19.3. The van der Waals surface area contributed by atoms with Crippen LogP contribution < -0.4 is 0 Å². The molecule has 3 rings (SSSR count). The molecule has 37 heavy (non-hydrogen) atoms. The molecule has 7 heteroatoms. The summed E-state index contributed by atoms with van der Waals surface area (Å²) in [6.07, 6.45) is -2.39. The fourth-order valence-corrected chi connectivity index (χ4v) is 3.65. The van der Waals surface area contributed by atoms with Crippen LogP contribution in [-0.2, 0) is 28.7 Å². The molecule has 0 aliphatic carbocycles. The van der Waals surface area contributed by atoms with E-state index in [1.165, 1.54) is 10.5 Å². The van der Waals surface area contributed by atoms with Gasteiger partial charge in [-0.05, 0) is 73.0 Å². The van der Waals surface area contributed by atoms with Crippen molar-refractivity contribution >= 4 is 11.9 Å². The normalized spacial score (nSPS) is 10.8. The molecule has 0 radical (unpaired) electrons. The minimum atomic E-state index is -4.50. The summed E-state index contributed by atoms with van der Waals surface area (Å²) < 4.78 is 43.6. The van der Waals surface area contributed by atoms with Gasteiger partial charge in [0, 0.05) is 23.2 Å². The maximum absolute atomic E-state index is 13.1. The van der Waals surface area contributed by atoms with Crippen molar-refractivity contribution < 1.29 is 27.5 Å². The van der Waals surface area contributed by atoms with Crippen molar-refractivity contribution in [1.29, 1.82) is 0 Å². The van der Waals surface area contributed by atoms with Crippen LogP contribution in [0.3, 0.4) is 0 Å². The summed E-state index contributed by atoms with van der Waals surface area (Å²) in [5, 5.41) is 0. The highest BCUT2D eigenvalue weighted by Crippen LogP contribution is 2.29. The number of hydrogen-bond donors (Lipinski definition) is 0. The number of hydrogen-bond acceptors (Lipinski definition) is 3. The number of alkyl halides is 3. The van der Waals surface area contributed by atoms with Crippen molar-refractivity contribution in [2.24, 2.45) is 0 Å². The Morgan fingerprint density at radius 3 is 1.84 bits per heavy atom. The molecule has 0 aromatic heterocycles. The lowest BCUT2D eigenvalue weighted by molar-refractivity contribution is -0.144. The first-order valence-electron chi connectivity index (χ1n) is 12.0. The highest BCUT2D eigenvalue weighted by Gasteiger charge is 2.30. The molecule has 0 aliphatic rings. The van der Waals surface area contributed by atoms with Crippen LogP contribution in [0.5, 0.6) is 0 Å². The van der Waals surface area contributed by atoms with Crippen molar-refractivity contribution in [3.63, 3.8) is 0 Å². The van der Waals surface area contributed by atoms with E-state index in [1.807, 2.05) is 24.3 Å². The van der Waals surface area contributed by atoms with Crippen molar-refractivity contribution in [1.82, 2.24) is 4.90 Å². The Labute approximate surface area is 215 Å². The van der Waals surface area contributed by atoms with Gasteiger partial charge in [-0.1, -0.05) is 49.5 Å². The van der Waals surface area contributed by atoms with E-state index in [9.17, 15) is 22.8 Å². The van der Waals surface area contributed by atoms with Gasteiger partial charge < -0.3 is 9.64 Å². The van der Waals surface area contributed by atoms with E-state index in [4.69, 9.17) is 4.74 Å². The first-order valence-corrected chi connectivity index (χ1v) is 12.0. The Morgan fingerprint density at radius 2 is 1.35 bits per heavy atom. The Hall–Kier alpha value is -4.05. The average molecular weight is 508 g/mol. The average Bonchev–Trinajstić information content (AvgIpc) is 2.88. The summed E-state index contributed by atoms with van der Waals surface area (Å²) >= 11 is 0. The summed E-state index contributed by atoms with van der Waals surface area (Å²) in [6.45, 7) is 3.68. The molecular formula is C30H28F3NO3. The summed E-state index contributed by atoms with van der Waals surface area (Å²) in [5.41, 5.74) is 2.90. The second kappa shape index (κ2) is 12.8. The maximum Gasteiger partial charge on any atom is 0.416 e. The standard InChI is InChI=1S/C30H28F3NO3/c1-3-5-22-6-8-23(9-7-22)10-11-24-12-14-25(15-13-24)20-34(21-28(35)37-4-2)29(36)26-16-18-27(19-17-26)30(31,32)33/h6-9,12-19H,3-5,20-21H2,1-2H3. The lowest BCUT2D eigenvalue weighted by Gasteiger charge is -2.22. The van der Waals surface area contributed by atoms with Gasteiger partial charge in [0.05, 0.1) is 12.2 Å². The van der Waals surface area contributed by atoms with Gasteiger partial charge in [-0.25, -0.2) is 0 Å². The van der Waals surface area contributed by atoms with E-state index >= 15 is 0 Å². The van der Waals surface area contributed by atoms with Crippen LogP contribution in [0.15, 0.2) is 72.8 Å². The molecule has 3 aromatic carbocycles. The smallest absolute Gasteiger partial charge is 0.416 e. The number of aryl methyl sites for hydroxylation is 1. The highest BCUT2D eigenvalue weighted by molar-refractivity contribution is 5.96. The quantitative estimate of drug-likeness (QED) is 0.267. The monoisotopic (exact) mass is 507 g/mol. The number of halogens is 3. The molecule has 0 atom stereocenters. The van der Waals surface area contributed by atoms with Crippen LogP contribution in [0, 0.1) is 11.8 Å². The fraction of sp³-hybridized carbons (Fsp3) is 0.267. The van der Waals surface area contributed by atoms with Gasteiger partial charge in [0.2, 0.25) is 0 Å². The largest absolute Gasteiger partial charge is 0.465 e. The molecular weight excluding hydrogens is 479 g/mol. The minimum Gasteiger partial charge on any atom is -0.465 e. The maximum atomic E-state index is 13.1.